The molecule has 1 N–H and O–H groups in total. The van der Waals surface area contributed by atoms with Gasteiger partial charge in [0, 0.05) is 25.8 Å². The highest BCUT2D eigenvalue weighted by Crippen LogP contribution is 2.11. The summed E-state index contributed by atoms with van der Waals surface area (Å²) in [6.07, 6.45) is 1.76. The summed E-state index contributed by atoms with van der Waals surface area (Å²) >= 11 is 0. The van der Waals surface area contributed by atoms with Crippen LogP contribution >= 0.6 is 0 Å². The smallest absolute Gasteiger partial charge is 0.307 e. The van der Waals surface area contributed by atoms with Gasteiger partial charge in [-0.2, -0.15) is 0 Å². The Balaban J connectivity index is 2.08. The fourth-order valence-corrected chi connectivity index (χ4v) is 2.21. The highest BCUT2D eigenvalue weighted by Gasteiger charge is 2.17. The van der Waals surface area contributed by atoms with Crippen LogP contribution in [-0.2, 0) is 17.9 Å². The molecule has 1 atom stereocenters. The van der Waals surface area contributed by atoms with Crippen molar-refractivity contribution in [2.24, 2.45) is 5.92 Å². The third-order valence-corrected chi connectivity index (χ3v) is 3.31. The molecule has 0 radical (unpaired) electrons. The Kier molecular flexibility index (Phi) is 5.46. The van der Waals surface area contributed by atoms with Crippen molar-refractivity contribution in [3.05, 3.63) is 66.0 Å². The monoisotopic (exact) mass is 284 g/mol. The molecule has 4 heteroatoms. The molecule has 0 aliphatic rings. The minimum Gasteiger partial charge on any atom is -0.481 e. The van der Waals surface area contributed by atoms with Crippen molar-refractivity contribution in [2.75, 3.05) is 6.54 Å². The van der Waals surface area contributed by atoms with Gasteiger partial charge >= 0.3 is 5.97 Å². The molecule has 0 saturated heterocycles. The van der Waals surface area contributed by atoms with E-state index < -0.39 is 11.9 Å². The number of hydrogen-bond donors (Lipinski definition) is 1. The number of carboxylic acids is 1. The van der Waals surface area contributed by atoms with E-state index in [1.165, 1.54) is 5.56 Å². The summed E-state index contributed by atoms with van der Waals surface area (Å²) in [6, 6.07) is 15.9. The van der Waals surface area contributed by atoms with Crippen LogP contribution in [0.2, 0.25) is 0 Å². The van der Waals surface area contributed by atoms with Crippen molar-refractivity contribution in [3.8, 4) is 0 Å². The standard InChI is InChI=1S/C17H20N2O2/c1-14(17(20)21)11-19(12-15-7-3-2-4-8-15)13-16-9-5-6-10-18-16/h2-10,14H,11-13H2,1H3,(H,20,21). The first kappa shape index (κ1) is 15.2. The predicted octanol–water partition coefficient (Wildman–Crippen LogP) is 2.80. The first-order valence-electron chi connectivity index (χ1n) is 7.04. The van der Waals surface area contributed by atoms with Crippen LogP contribution in [0.15, 0.2) is 54.7 Å². The zero-order valence-corrected chi connectivity index (χ0v) is 12.1. The van der Waals surface area contributed by atoms with Gasteiger partial charge in [-0.15, -0.1) is 0 Å². The second-order valence-electron chi connectivity index (χ2n) is 5.22. The number of pyridine rings is 1. The van der Waals surface area contributed by atoms with Gasteiger partial charge in [0.1, 0.15) is 0 Å². The first-order chi connectivity index (χ1) is 10.1. The molecule has 1 aromatic carbocycles. The van der Waals surface area contributed by atoms with E-state index in [2.05, 4.69) is 22.0 Å². The van der Waals surface area contributed by atoms with Gasteiger partial charge in [0.25, 0.3) is 0 Å². The van der Waals surface area contributed by atoms with Crippen LogP contribution in [0, 0.1) is 5.92 Å². The van der Waals surface area contributed by atoms with Crippen molar-refractivity contribution >= 4 is 5.97 Å². The molecule has 4 nitrogen and oxygen atoms in total. The van der Waals surface area contributed by atoms with Gasteiger partial charge in [-0.25, -0.2) is 0 Å². The van der Waals surface area contributed by atoms with Gasteiger partial charge in [0.05, 0.1) is 11.6 Å². The number of rotatable bonds is 7. The molecule has 0 saturated carbocycles. The van der Waals surface area contributed by atoms with Crippen LogP contribution in [0.25, 0.3) is 0 Å². The molecule has 1 heterocycles. The predicted molar refractivity (Wildman–Crippen MR) is 81.6 cm³/mol. The van der Waals surface area contributed by atoms with E-state index >= 15 is 0 Å². The molecule has 2 aromatic rings. The average Bonchev–Trinajstić information content (AvgIpc) is 2.49. The van der Waals surface area contributed by atoms with Gasteiger partial charge in [-0.05, 0) is 17.7 Å². The Morgan fingerprint density at radius 3 is 2.48 bits per heavy atom. The molecule has 0 spiro atoms. The summed E-state index contributed by atoms with van der Waals surface area (Å²) < 4.78 is 0. The second-order valence-corrected chi connectivity index (χ2v) is 5.22. The van der Waals surface area contributed by atoms with Gasteiger partial charge < -0.3 is 5.11 Å². The maximum absolute atomic E-state index is 11.1. The van der Waals surface area contributed by atoms with E-state index in [1.54, 1.807) is 13.1 Å². The van der Waals surface area contributed by atoms with E-state index in [9.17, 15) is 4.79 Å². The van der Waals surface area contributed by atoms with Crippen LogP contribution in [0.1, 0.15) is 18.2 Å². The summed E-state index contributed by atoms with van der Waals surface area (Å²) in [6.45, 7) is 3.60. The molecule has 21 heavy (non-hydrogen) atoms. The number of aliphatic carboxylic acids is 1. The molecule has 0 fully saturated rings. The molecule has 0 aliphatic carbocycles. The largest absolute Gasteiger partial charge is 0.481 e. The molecule has 1 aromatic heterocycles. The summed E-state index contributed by atoms with van der Waals surface area (Å²) in [5.41, 5.74) is 2.12. The quantitative estimate of drug-likeness (QED) is 0.849. The lowest BCUT2D eigenvalue weighted by Gasteiger charge is -2.24. The number of nitrogens with zero attached hydrogens (tertiary/aromatic N) is 2. The van der Waals surface area contributed by atoms with Crippen molar-refractivity contribution < 1.29 is 9.90 Å². The fraction of sp³-hybridized carbons (Fsp3) is 0.294. The molecular weight excluding hydrogens is 264 g/mol. The summed E-state index contributed by atoms with van der Waals surface area (Å²) in [5, 5.41) is 9.12. The molecule has 0 aliphatic heterocycles. The highest BCUT2D eigenvalue weighted by molar-refractivity contribution is 5.69. The minimum absolute atomic E-state index is 0.405. The lowest BCUT2D eigenvalue weighted by Crippen LogP contribution is -2.31. The number of carbonyl (C=O) groups is 1. The van der Waals surface area contributed by atoms with Gasteiger partial charge in [-0.1, -0.05) is 43.3 Å². The third-order valence-electron chi connectivity index (χ3n) is 3.31. The average molecular weight is 284 g/mol. The topological polar surface area (TPSA) is 53.4 Å². The third kappa shape index (κ3) is 5.00. The van der Waals surface area contributed by atoms with Crippen LogP contribution < -0.4 is 0 Å². The summed E-state index contributed by atoms with van der Waals surface area (Å²) in [7, 11) is 0. The van der Waals surface area contributed by atoms with Gasteiger partial charge in [-0.3, -0.25) is 14.7 Å². The summed E-state index contributed by atoms with van der Waals surface area (Å²) in [4.78, 5) is 17.5. The molecule has 0 bridgehead atoms. The first-order valence-corrected chi connectivity index (χ1v) is 7.04. The number of benzene rings is 1. The van der Waals surface area contributed by atoms with Gasteiger partial charge in [0.15, 0.2) is 0 Å². The number of aromatic nitrogens is 1. The molecule has 2 rings (SSSR count). The van der Waals surface area contributed by atoms with Crippen molar-refractivity contribution in [2.45, 2.75) is 20.0 Å². The Hall–Kier alpha value is -2.20. The van der Waals surface area contributed by atoms with Crippen molar-refractivity contribution in [1.82, 2.24) is 9.88 Å². The molecule has 1 unspecified atom stereocenters. The fourth-order valence-electron chi connectivity index (χ4n) is 2.21. The lowest BCUT2D eigenvalue weighted by atomic mass is 10.1. The molecule has 110 valence electrons. The van der Waals surface area contributed by atoms with Crippen LogP contribution in [0.5, 0.6) is 0 Å². The highest BCUT2D eigenvalue weighted by atomic mass is 16.4. The minimum atomic E-state index is -0.769. The SMILES string of the molecule is CC(CN(Cc1ccccc1)Cc1ccccn1)C(=O)O. The van der Waals surface area contributed by atoms with E-state index in [0.717, 1.165) is 12.2 Å². The van der Waals surface area contributed by atoms with Crippen LogP contribution in [0.3, 0.4) is 0 Å². The maximum atomic E-state index is 11.1. The zero-order chi connectivity index (χ0) is 15.1. The van der Waals surface area contributed by atoms with Crippen molar-refractivity contribution in [3.63, 3.8) is 0 Å². The second kappa shape index (κ2) is 7.55. The number of hydrogen-bond acceptors (Lipinski definition) is 3. The Labute approximate surface area is 125 Å². The van der Waals surface area contributed by atoms with E-state index in [-0.39, 0.29) is 0 Å². The van der Waals surface area contributed by atoms with Crippen LogP contribution in [0.4, 0.5) is 0 Å². The Bertz CT molecular complexity index is 516. The van der Waals surface area contributed by atoms with E-state index in [4.69, 9.17) is 5.11 Å². The Morgan fingerprint density at radius 2 is 1.86 bits per heavy atom. The molecular formula is C17H20N2O2. The van der Waals surface area contributed by atoms with Gasteiger partial charge in [0.2, 0.25) is 0 Å². The van der Waals surface area contributed by atoms with E-state index in [1.807, 2.05) is 36.4 Å². The maximum Gasteiger partial charge on any atom is 0.307 e. The molecule has 0 amide bonds. The summed E-state index contributed by atoms with van der Waals surface area (Å²) in [5.74, 6) is -1.17. The van der Waals surface area contributed by atoms with Crippen molar-refractivity contribution in [1.29, 1.82) is 0 Å². The number of carboxylic acid groups (broad SMARTS) is 1. The zero-order valence-electron chi connectivity index (χ0n) is 12.1. The Morgan fingerprint density at radius 1 is 1.14 bits per heavy atom. The van der Waals surface area contributed by atoms with Crippen LogP contribution in [-0.4, -0.2) is 27.5 Å². The normalized spacial score (nSPS) is 12.3. The lowest BCUT2D eigenvalue weighted by molar-refractivity contribution is -0.141. The van der Waals surface area contributed by atoms with E-state index in [0.29, 0.717) is 13.1 Å².